The van der Waals surface area contributed by atoms with Crippen molar-refractivity contribution in [2.24, 2.45) is 5.11 Å². The second kappa shape index (κ2) is 1.70. The van der Waals surface area contributed by atoms with Crippen LogP contribution >= 0.6 is 0 Å². The smallest absolute Gasteiger partial charge is 0.122 e. The van der Waals surface area contributed by atoms with E-state index >= 15 is 0 Å². The molecular weight excluding hydrogens is 130 g/mol. The Morgan fingerprint density at radius 3 is 3.20 bits per heavy atom. The van der Waals surface area contributed by atoms with Crippen molar-refractivity contribution in [3.63, 3.8) is 0 Å². The summed E-state index contributed by atoms with van der Waals surface area (Å²) in [6.45, 7) is 0. The van der Waals surface area contributed by atoms with Crippen molar-refractivity contribution < 1.29 is 4.52 Å². The highest BCUT2D eigenvalue weighted by Gasteiger charge is 1.97. The van der Waals surface area contributed by atoms with Crippen molar-refractivity contribution in [1.82, 2.24) is 4.57 Å². The Morgan fingerprint density at radius 2 is 2.50 bits per heavy atom. The van der Waals surface area contributed by atoms with Gasteiger partial charge in [-0.3, -0.25) is 0 Å². The summed E-state index contributed by atoms with van der Waals surface area (Å²) in [5.41, 5.74) is 8.22. The van der Waals surface area contributed by atoms with Gasteiger partial charge < -0.3 is 4.52 Å². The fourth-order valence-electron chi connectivity index (χ4n) is 0.887. The van der Waals surface area contributed by atoms with Crippen LogP contribution in [0.25, 0.3) is 5.52 Å². The van der Waals surface area contributed by atoms with Gasteiger partial charge in [0.15, 0.2) is 0 Å². The molecule has 0 amide bonds. The predicted molar refractivity (Wildman–Crippen MR) is 34.5 cm³/mol. The molecule has 0 aromatic carbocycles. The molecular formula is C6H5N3O. The zero-order valence-electron chi connectivity index (χ0n) is 5.11. The topological polar surface area (TPSA) is 53.8 Å². The monoisotopic (exact) mass is 135 g/mol. The van der Waals surface area contributed by atoms with Gasteiger partial charge in [-0.25, -0.2) is 5.53 Å². The molecule has 2 heterocycles. The van der Waals surface area contributed by atoms with Gasteiger partial charge in [-0.05, 0) is 6.07 Å². The first-order valence-corrected chi connectivity index (χ1v) is 2.84. The van der Waals surface area contributed by atoms with Crippen LogP contribution in [0.5, 0.6) is 0 Å². The molecule has 10 heavy (non-hydrogen) atoms. The molecule has 0 aliphatic heterocycles. The van der Waals surface area contributed by atoms with E-state index < -0.39 is 0 Å². The Labute approximate surface area is 56.5 Å². The van der Waals surface area contributed by atoms with E-state index in [4.69, 9.17) is 10.1 Å². The second-order valence-corrected chi connectivity index (χ2v) is 1.97. The molecule has 0 fully saturated rings. The molecule has 2 aromatic heterocycles. The van der Waals surface area contributed by atoms with Gasteiger partial charge in [0.25, 0.3) is 0 Å². The molecule has 0 atom stereocenters. The highest BCUT2D eigenvalue weighted by atomic mass is 16.5. The van der Waals surface area contributed by atoms with Crippen molar-refractivity contribution in [2.45, 2.75) is 0 Å². The quantitative estimate of drug-likeness (QED) is 0.598. The molecule has 0 bridgehead atoms. The van der Waals surface area contributed by atoms with Crippen LogP contribution in [-0.2, 0) is 0 Å². The molecule has 0 radical (unpaired) electrons. The molecule has 4 heteroatoms. The maximum absolute atomic E-state index is 6.68. The molecule has 2 rings (SSSR count). The van der Waals surface area contributed by atoms with E-state index in [0.717, 1.165) is 5.52 Å². The summed E-state index contributed by atoms with van der Waals surface area (Å²) in [7, 11) is 0. The lowest BCUT2D eigenvalue weighted by atomic mass is 10.5. The third-order valence-corrected chi connectivity index (χ3v) is 1.34. The van der Waals surface area contributed by atoms with Gasteiger partial charge >= 0.3 is 0 Å². The standard InChI is InChI=1S/C6H5N3O/c7-8-5-3-6-1-2-10-9(6)4-5/h1-4,7H. The number of rotatable bonds is 1. The van der Waals surface area contributed by atoms with Crippen LogP contribution in [0.1, 0.15) is 0 Å². The maximum atomic E-state index is 6.68. The molecule has 0 saturated heterocycles. The number of aromatic nitrogens is 1. The normalized spacial score (nSPS) is 10.4. The van der Waals surface area contributed by atoms with Gasteiger partial charge in [-0.15, -0.1) is 0 Å². The number of nitrogens with zero attached hydrogens (tertiary/aromatic N) is 2. The molecule has 1 N–H and O–H groups in total. The summed E-state index contributed by atoms with van der Waals surface area (Å²) in [5, 5.41) is 3.25. The fourth-order valence-corrected chi connectivity index (χ4v) is 0.887. The van der Waals surface area contributed by atoms with E-state index in [2.05, 4.69) is 5.11 Å². The van der Waals surface area contributed by atoms with E-state index in [9.17, 15) is 0 Å². The molecule has 0 spiro atoms. The minimum atomic E-state index is 0.611. The molecule has 2 aromatic rings. The molecule has 0 aliphatic rings. The third kappa shape index (κ3) is 0.556. The van der Waals surface area contributed by atoms with Crippen molar-refractivity contribution in [1.29, 1.82) is 5.53 Å². The summed E-state index contributed by atoms with van der Waals surface area (Å²) in [5.74, 6) is 0. The van der Waals surface area contributed by atoms with Crippen LogP contribution in [0, 0.1) is 5.53 Å². The van der Waals surface area contributed by atoms with E-state index in [1.165, 1.54) is 0 Å². The number of hydrogen-bond donors (Lipinski definition) is 1. The van der Waals surface area contributed by atoms with Crippen molar-refractivity contribution in [3.05, 3.63) is 24.6 Å². The summed E-state index contributed by atoms with van der Waals surface area (Å²) < 4.78 is 6.54. The Bertz CT molecular complexity index is 331. The average molecular weight is 135 g/mol. The van der Waals surface area contributed by atoms with Gasteiger partial charge in [0.05, 0.1) is 11.7 Å². The average Bonchev–Trinajstić information content (AvgIpc) is 2.42. The minimum absolute atomic E-state index is 0.611. The Kier molecular flexibility index (Phi) is 0.887. The van der Waals surface area contributed by atoms with E-state index in [1.807, 2.05) is 6.07 Å². The molecule has 4 nitrogen and oxygen atoms in total. The highest BCUT2D eigenvalue weighted by Crippen LogP contribution is 2.17. The first kappa shape index (κ1) is 5.22. The first-order valence-electron chi connectivity index (χ1n) is 2.84. The van der Waals surface area contributed by atoms with Gasteiger partial charge in [-0.1, -0.05) is 0 Å². The van der Waals surface area contributed by atoms with Crippen LogP contribution in [0.3, 0.4) is 0 Å². The Hall–Kier alpha value is -1.58. The Morgan fingerprint density at radius 1 is 1.60 bits per heavy atom. The van der Waals surface area contributed by atoms with E-state index in [-0.39, 0.29) is 0 Å². The molecule has 0 unspecified atom stereocenters. The summed E-state index contributed by atoms with van der Waals surface area (Å²) in [4.78, 5) is 0. The summed E-state index contributed by atoms with van der Waals surface area (Å²) in [6, 6.07) is 3.59. The second-order valence-electron chi connectivity index (χ2n) is 1.97. The predicted octanol–water partition coefficient (Wildman–Crippen LogP) is 2.19. The zero-order chi connectivity index (χ0) is 6.97. The van der Waals surface area contributed by atoms with Crippen LogP contribution in [0.2, 0.25) is 0 Å². The lowest BCUT2D eigenvalue weighted by Crippen LogP contribution is -1.65. The lowest BCUT2D eigenvalue weighted by molar-refractivity contribution is 0.378. The minimum Gasteiger partial charge on any atom is -0.383 e. The van der Waals surface area contributed by atoms with Crippen molar-refractivity contribution in [3.8, 4) is 0 Å². The van der Waals surface area contributed by atoms with Crippen LogP contribution in [0.15, 0.2) is 34.2 Å². The SMILES string of the molecule is N=Nc1cc2ccon2c1. The van der Waals surface area contributed by atoms with Crippen LogP contribution < -0.4 is 0 Å². The van der Waals surface area contributed by atoms with Crippen molar-refractivity contribution in [2.75, 3.05) is 0 Å². The number of fused-ring (bicyclic) bond motifs is 1. The number of hydrogen-bond acceptors (Lipinski definition) is 3. The lowest BCUT2D eigenvalue weighted by Gasteiger charge is -1.76. The van der Waals surface area contributed by atoms with Crippen LogP contribution in [-0.4, -0.2) is 4.57 Å². The summed E-state index contributed by atoms with van der Waals surface area (Å²) >= 11 is 0. The first-order chi connectivity index (χ1) is 4.90. The fraction of sp³-hybridized carbons (Fsp3) is 0. The number of nitrogens with one attached hydrogen (secondary N) is 1. The molecule has 50 valence electrons. The molecule has 0 aliphatic carbocycles. The molecule has 0 saturated carbocycles. The largest absolute Gasteiger partial charge is 0.383 e. The van der Waals surface area contributed by atoms with Gasteiger partial charge in [0.2, 0.25) is 0 Å². The van der Waals surface area contributed by atoms with Crippen molar-refractivity contribution >= 4 is 11.2 Å². The van der Waals surface area contributed by atoms with Gasteiger partial charge in [0.1, 0.15) is 12.0 Å². The zero-order valence-corrected chi connectivity index (χ0v) is 5.11. The van der Waals surface area contributed by atoms with Gasteiger partial charge in [0, 0.05) is 6.07 Å². The van der Waals surface area contributed by atoms with E-state index in [1.54, 1.807) is 23.1 Å². The van der Waals surface area contributed by atoms with E-state index in [0.29, 0.717) is 5.69 Å². The van der Waals surface area contributed by atoms with Crippen LogP contribution in [0.4, 0.5) is 5.69 Å². The third-order valence-electron chi connectivity index (χ3n) is 1.34. The maximum Gasteiger partial charge on any atom is 0.122 e. The summed E-state index contributed by atoms with van der Waals surface area (Å²) in [6.07, 6.45) is 3.24. The highest BCUT2D eigenvalue weighted by molar-refractivity contribution is 5.55. The van der Waals surface area contributed by atoms with Gasteiger partial charge in [-0.2, -0.15) is 9.69 Å². The Balaban J connectivity index is 2.78.